The number of fused-ring (bicyclic) bond motifs is 2. The molecule has 514 valence electrons. The third-order valence-electron chi connectivity index (χ3n) is 16.7. The summed E-state index contributed by atoms with van der Waals surface area (Å²) in [7, 11) is 0. The molecule has 26 heteroatoms. The monoisotopic (exact) mass is 1490 g/mol. The van der Waals surface area contributed by atoms with Crippen LogP contribution in [0, 0.1) is 13.8 Å². The van der Waals surface area contributed by atoms with E-state index in [1.807, 2.05) is 174 Å². The highest BCUT2D eigenvalue weighted by Crippen LogP contribution is 2.40. The third-order valence-corrected chi connectivity index (χ3v) is 20.4. The summed E-state index contributed by atoms with van der Waals surface area (Å²) in [5.41, 5.74) is 3.53. The van der Waals surface area contributed by atoms with Crippen molar-refractivity contribution in [2.24, 2.45) is 0 Å². The normalized spacial score (nSPS) is 17.8. The van der Waals surface area contributed by atoms with E-state index < -0.39 is 18.1 Å². The van der Waals surface area contributed by atoms with Gasteiger partial charge in [-0.15, -0.1) is 93.6 Å². The average molecular weight is 1490 g/mol. The molecule has 0 aliphatic carbocycles. The number of amides is 6. The van der Waals surface area contributed by atoms with Crippen LogP contribution in [-0.4, -0.2) is 144 Å². The van der Waals surface area contributed by atoms with Crippen molar-refractivity contribution < 1.29 is 38.2 Å². The molecule has 6 amide bonds. The highest BCUT2D eigenvalue weighted by Gasteiger charge is 2.46. The number of rotatable bonds is 19. The first-order valence-corrected chi connectivity index (χ1v) is 35.9. The lowest BCUT2D eigenvalue weighted by Gasteiger charge is -2.38. The quantitative estimate of drug-likeness (QED) is 0.0657. The molecule has 12 rings (SSSR count). The fourth-order valence-corrected chi connectivity index (χ4v) is 15.3. The van der Waals surface area contributed by atoms with Gasteiger partial charge in [-0.1, -0.05) is 66.2 Å². The molecular weight excluding hydrogens is 1420 g/mol. The molecule has 4 unspecified atom stereocenters. The summed E-state index contributed by atoms with van der Waals surface area (Å²) in [5.74, 6) is 0.879. The molecule has 0 spiro atoms. The lowest BCUT2D eigenvalue weighted by atomic mass is 10.1. The number of para-hydroxylation sites is 2. The molecular formula is C71H77Cl6N9O8S3. The molecule has 8 aromatic rings. The van der Waals surface area contributed by atoms with Gasteiger partial charge in [-0.3, -0.25) is 43.5 Å². The van der Waals surface area contributed by atoms with Crippen LogP contribution < -0.4 is 40.1 Å². The molecule has 4 aliphatic heterocycles. The first-order chi connectivity index (χ1) is 46.0. The number of likely N-dealkylation sites (tertiary alicyclic amines) is 1. The predicted octanol–water partition coefficient (Wildman–Crippen LogP) is 14.1. The van der Waals surface area contributed by atoms with E-state index in [9.17, 15) is 28.8 Å². The van der Waals surface area contributed by atoms with E-state index in [-0.39, 0.29) is 96.0 Å². The van der Waals surface area contributed by atoms with Crippen molar-refractivity contribution in [3.63, 3.8) is 0 Å². The fourth-order valence-electron chi connectivity index (χ4n) is 12.3. The summed E-state index contributed by atoms with van der Waals surface area (Å²) < 4.78 is 11.8. The van der Waals surface area contributed by atoms with Gasteiger partial charge in [-0.25, -0.2) is 0 Å². The maximum Gasteiger partial charge on any atom is 0.251 e. The second-order valence-electron chi connectivity index (χ2n) is 23.4. The Bertz CT molecular complexity index is 3870. The number of anilines is 3. The van der Waals surface area contributed by atoms with E-state index in [1.54, 1.807) is 47.4 Å². The van der Waals surface area contributed by atoms with Crippen LogP contribution >= 0.6 is 105 Å². The molecule has 17 nitrogen and oxygen atoms in total. The van der Waals surface area contributed by atoms with Gasteiger partial charge in [0.25, 0.3) is 17.7 Å². The van der Waals surface area contributed by atoms with Gasteiger partial charge in [0.15, 0.2) is 0 Å². The number of nitrogens with zero attached hydrogens (tertiary/aromatic N) is 6. The Hall–Kier alpha value is -6.76. The number of carbonyl (C=O) groups excluding carboxylic acids is 6. The van der Waals surface area contributed by atoms with Crippen LogP contribution in [0.5, 0.6) is 23.0 Å². The Kier molecular flexibility index (Phi) is 28.5. The van der Waals surface area contributed by atoms with E-state index in [4.69, 9.17) is 55.9 Å². The number of hydrogen-bond donors (Lipinski definition) is 3. The third kappa shape index (κ3) is 19.0. The highest BCUT2D eigenvalue weighted by atomic mass is 35.5. The van der Waals surface area contributed by atoms with Gasteiger partial charge in [0.2, 0.25) is 17.7 Å². The molecule has 4 aliphatic rings. The summed E-state index contributed by atoms with van der Waals surface area (Å²) in [4.78, 5) is 93.1. The summed E-state index contributed by atoms with van der Waals surface area (Å²) in [5, 5.41) is 16.5. The fraction of sp³-hybridized carbons (Fsp3) is 0.324. The number of thiophene rings is 3. The smallest absolute Gasteiger partial charge is 0.251 e. The van der Waals surface area contributed by atoms with Gasteiger partial charge in [-0.2, -0.15) is 0 Å². The minimum Gasteiger partial charge on any atom is -0.457 e. The molecule has 97 heavy (non-hydrogen) atoms. The van der Waals surface area contributed by atoms with E-state index in [0.29, 0.717) is 72.3 Å². The SMILES string of the molecule is C[C@H]1CN(C(=O)C(c2cccs2)N(C(=O)CCl)c2ccc(Oc3ccccc3)cc2)CCN1.Cc1cc(Cl)ccc1N(C(=O)CCl)[C@H](C(=O)N1CCN[C@@H](C)C1)c1cccs1.Cc1cc(Oc2ccccc2)ccc1N(C(=O)CCl)C(C(=O)N1CC2CC1CN2)c1cccs1.Cl.Cl. The Morgan fingerprint density at radius 3 is 1.34 bits per heavy atom. The van der Waals surface area contributed by atoms with Crippen LogP contribution in [0.4, 0.5) is 17.1 Å². The number of ether oxygens (including phenoxy) is 2. The molecule has 2 bridgehead atoms. The number of nitrogens with one attached hydrogen (secondary N) is 3. The number of piperazine rings is 3. The zero-order valence-electron chi connectivity index (χ0n) is 53.8. The molecule has 4 fully saturated rings. The van der Waals surface area contributed by atoms with E-state index in [1.165, 1.54) is 43.8 Å². The van der Waals surface area contributed by atoms with Gasteiger partial charge < -0.3 is 40.1 Å². The molecule has 7 heterocycles. The van der Waals surface area contributed by atoms with E-state index >= 15 is 0 Å². The zero-order chi connectivity index (χ0) is 67.1. The number of alkyl halides is 3. The summed E-state index contributed by atoms with van der Waals surface area (Å²) in [6.45, 7) is 13.2. The van der Waals surface area contributed by atoms with Crippen molar-refractivity contribution >= 4 is 158 Å². The summed E-state index contributed by atoms with van der Waals surface area (Å²) in [6, 6.07) is 47.0. The largest absolute Gasteiger partial charge is 0.457 e. The van der Waals surface area contributed by atoms with Crippen LogP contribution in [0.3, 0.4) is 0 Å². The summed E-state index contributed by atoms with van der Waals surface area (Å²) >= 11 is 28.5. The number of benzene rings is 5. The van der Waals surface area contributed by atoms with Gasteiger partial charge in [0.1, 0.15) is 58.8 Å². The lowest BCUT2D eigenvalue weighted by Crippen LogP contribution is -2.55. The molecule has 0 saturated carbocycles. The second kappa shape index (κ2) is 36.4. The van der Waals surface area contributed by atoms with E-state index in [2.05, 4.69) is 16.0 Å². The van der Waals surface area contributed by atoms with Crippen LogP contribution in [0.25, 0.3) is 0 Å². The van der Waals surface area contributed by atoms with Crippen molar-refractivity contribution in [2.45, 2.75) is 76.4 Å². The Labute approximate surface area is 610 Å². The molecule has 7 atom stereocenters. The number of hydrogen-bond acceptors (Lipinski definition) is 14. The van der Waals surface area contributed by atoms with Gasteiger partial charge in [0, 0.05) is 113 Å². The Morgan fingerprint density at radius 2 is 0.928 bits per heavy atom. The van der Waals surface area contributed by atoms with Crippen molar-refractivity contribution in [2.75, 3.05) is 84.7 Å². The predicted molar refractivity (Wildman–Crippen MR) is 397 cm³/mol. The Morgan fingerprint density at radius 1 is 0.505 bits per heavy atom. The standard InChI is InChI=1S/C26H26ClN3O3S.C25H26ClN3O3S.C20H23Cl2N3O2S.2ClH/c1-17-12-21(33-20-6-3-2-4-7-20)9-10-22(17)30(24(31)14-27)25(23-8-5-11-34-23)26(32)29-16-18-13-19(29)15-28-18;1-18-17-28(14-13-27-18)25(31)24(22-8-5-15-33-22)29(23(30)16-26)19-9-11-21(12-10-19)32-20-6-3-2-4-7-20;1-13-10-15(22)5-6-16(13)25(18(26)11-21)19(17-4-3-9-28-17)20(27)24-8-7-23-14(2)12-24;;/h2-12,18-19,25,28H,13-16H2,1H3;2-12,15,18,24,27H,13-14,16-17H2,1H3;3-6,9-10,14,19,23H,7-8,11-12H2,1-2H3;2*1H/t;18-,24?;14-,19-;;/m.00../s1. The van der Waals surface area contributed by atoms with Crippen molar-refractivity contribution in [3.8, 4) is 23.0 Å². The van der Waals surface area contributed by atoms with Gasteiger partial charge in [-0.05, 0) is 165 Å². The number of halogens is 6. The van der Waals surface area contributed by atoms with Crippen LogP contribution in [-0.2, 0) is 28.8 Å². The first kappa shape index (κ1) is 76.0. The van der Waals surface area contributed by atoms with Crippen molar-refractivity contribution in [1.29, 1.82) is 0 Å². The second-order valence-corrected chi connectivity index (χ2v) is 27.6. The topological polar surface area (TPSA) is 176 Å². The number of carbonyl (C=O) groups is 6. The van der Waals surface area contributed by atoms with Gasteiger partial charge >= 0.3 is 0 Å². The van der Waals surface area contributed by atoms with Crippen molar-refractivity contribution in [3.05, 3.63) is 205 Å². The maximum absolute atomic E-state index is 13.9. The van der Waals surface area contributed by atoms with E-state index in [0.717, 1.165) is 63.3 Å². The first-order valence-electron chi connectivity index (χ1n) is 31.3. The zero-order valence-corrected chi connectivity index (χ0v) is 60.9. The average Bonchev–Trinajstić information content (AvgIpc) is 1.76. The molecule has 3 aromatic heterocycles. The molecule has 5 aromatic carbocycles. The van der Waals surface area contributed by atoms with Crippen molar-refractivity contribution in [1.82, 2.24) is 30.7 Å². The van der Waals surface area contributed by atoms with Crippen LogP contribution in [0.15, 0.2) is 174 Å². The number of aryl methyl sites for hydroxylation is 2. The molecule has 3 N–H and O–H groups in total. The highest BCUT2D eigenvalue weighted by molar-refractivity contribution is 7.10. The molecule has 4 saturated heterocycles. The Balaban J connectivity index is 0.000000185. The molecule has 0 radical (unpaired) electrons. The van der Waals surface area contributed by atoms with Crippen LogP contribution in [0.1, 0.15) is 64.2 Å². The maximum atomic E-state index is 13.9. The van der Waals surface area contributed by atoms with Gasteiger partial charge in [0.05, 0.1) is 0 Å². The minimum absolute atomic E-state index is 0. The lowest BCUT2D eigenvalue weighted by molar-refractivity contribution is -0.136. The van der Waals surface area contributed by atoms with Crippen LogP contribution in [0.2, 0.25) is 5.02 Å². The summed E-state index contributed by atoms with van der Waals surface area (Å²) in [6.07, 6.45) is 0.955. The minimum atomic E-state index is -0.776.